The van der Waals surface area contributed by atoms with Crippen molar-refractivity contribution in [2.45, 2.75) is 13.8 Å². The molecular weight excluding hydrogens is 188 g/mol. The van der Waals surface area contributed by atoms with Gasteiger partial charge in [-0.25, -0.2) is 0 Å². The molecule has 0 amide bonds. The summed E-state index contributed by atoms with van der Waals surface area (Å²) in [6, 6.07) is 0. The third kappa shape index (κ3) is 7.54. The summed E-state index contributed by atoms with van der Waals surface area (Å²) in [5, 5.41) is 3.23. The van der Waals surface area contributed by atoms with Crippen molar-refractivity contribution >= 4 is 0 Å². The molecule has 0 bridgehead atoms. The molecule has 0 fully saturated rings. The lowest BCUT2D eigenvalue weighted by Gasteiger charge is -2.31. The van der Waals surface area contributed by atoms with E-state index in [1.54, 1.807) is 7.11 Å². The lowest BCUT2D eigenvalue weighted by molar-refractivity contribution is 0.126. The third-order valence-electron chi connectivity index (χ3n) is 2.31. The van der Waals surface area contributed by atoms with Gasteiger partial charge in [0.15, 0.2) is 0 Å². The van der Waals surface area contributed by atoms with E-state index in [2.05, 4.69) is 30.6 Å². The van der Waals surface area contributed by atoms with E-state index in [0.29, 0.717) is 0 Å². The first-order valence-electron chi connectivity index (χ1n) is 5.52. The van der Waals surface area contributed by atoms with Crippen LogP contribution in [-0.2, 0) is 4.74 Å². The molecule has 0 saturated carbocycles. The van der Waals surface area contributed by atoms with Crippen LogP contribution in [0.25, 0.3) is 0 Å². The van der Waals surface area contributed by atoms with Gasteiger partial charge in [-0.3, -0.25) is 4.90 Å². The van der Waals surface area contributed by atoms with Crippen LogP contribution in [0.2, 0.25) is 0 Å². The predicted molar refractivity (Wildman–Crippen MR) is 66.2 cm³/mol. The summed E-state index contributed by atoms with van der Waals surface area (Å²) in [7, 11) is 3.74. The van der Waals surface area contributed by atoms with Crippen molar-refractivity contribution in [1.29, 1.82) is 0 Å². The van der Waals surface area contributed by atoms with Gasteiger partial charge in [-0.05, 0) is 12.5 Å². The van der Waals surface area contributed by atoms with Crippen LogP contribution < -0.4 is 5.32 Å². The monoisotopic (exact) mass is 214 g/mol. The number of nitrogens with zero attached hydrogens (tertiary/aromatic N) is 1. The van der Waals surface area contributed by atoms with Crippen LogP contribution in [0, 0.1) is 5.41 Å². The summed E-state index contributed by atoms with van der Waals surface area (Å²) in [6.45, 7) is 13.1. The van der Waals surface area contributed by atoms with E-state index in [9.17, 15) is 0 Å². The SMILES string of the molecule is C=CCN(CCOC)CC(C)(C)CNC. The number of nitrogens with one attached hydrogen (secondary N) is 1. The Morgan fingerprint density at radius 3 is 2.60 bits per heavy atom. The number of methoxy groups -OCH3 is 1. The van der Waals surface area contributed by atoms with Crippen molar-refractivity contribution in [3.05, 3.63) is 12.7 Å². The van der Waals surface area contributed by atoms with Crippen LogP contribution in [-0.4, -0.2) is 51.8 Å². The molecule has 0 atom stereocenters. The topological polar surface area (TPSA) is 24.5 Å². The fourth-order valence-corrected chi connectivity index (χ4v) is 1.78. The van der Waals surface area contributed by atoms with Crippen LogP contribution in [0.3, 0.4) is 0 Å². The molecule has 3 heteroatoms. The van der Waals surface area contributed by atoms with Crippen molar-refractivity contribution in [2.24, 2.45) is 5.41 Å². The zero-order chi connectivity index (χ0) is 11.7. The Balaban J connectivity index is 4.06. The van der Waals surface area contributed by atoms with Gasteiger partial charge in [-0.15, -0.1) is 6.58 Å². The minimum atomic E-state index is 0.283. The lowest BCUT2D eigenvalue weighted by Crippen LogP contribution is -2.41. The highest BCUT2D eigenvalue weighted by Gasteiger charge is 2.20. The molecule has 15 heavy (non-hydrogen) atoms. The second-order valence-corrected chi connectivity index (χ2v) is 4.71. The standard InChI is InChI=1S/C12H26N2O/c1-6-7-14(8-9-15-5)11-12(2,3)10-13-4/h6,13H,1,7-11H2,2-5H3. The molecule has 0 heterocycles. The van der Waals surface area contributed by atoms with Gasteiger partial charge in [-0.1, -0.05) is 19.9 Å². The Bertz CT molecular complexity index is 169. The minimum absolute atomic E-state index is 0.283. The molecule has 0 saturated heterocycles. The van der Waals surface area contributed by atoms with Crippen LogP contribution >= 0.6 is 0 Å². The van der Waals surface area contributed by atoms with Gasteiger partial charge in [0, 0.05) is 33.3 Å². The Hall–Kier alpha value is -0.380. The number of rotatable bonds is 9. The molecule has 0 aromatic rings. The number of hydrogen-bond acceptors (Lipinski definition) is 3. The summed E-state index contributed by atoms with van der Waals surface area (Å²) < 4.78 is 5.10. The molecule has 0 aliphatic rings. The van der Waals surface area contributed by atoms with Crippen LogP contribution in [0.4, 0.5) is 0 Å². The molecule has 0 aromatic carbocycles. The molecule has 0 aliphatic heterocycles. The highest BCUT2D eigenvalue weighted by Crippen LogP contribution is 2.15. The first kappa shape index (κ1) is 14.6. The fourth-order valence-electron chi connectivity index (χ4n) is 1.78. The molecule has 0 aromatic heterocycles. The van der Waals surface area contributed by atoms with Crippen molar-refractivity contribution in [3.63, 3.8) is 0 Å². The van der Waals surface area contributed by atoms with Crippen molar-refractivity contribution in [3.8, 4) is 0 Å². The predicted octanol–water partition coefficient (Wildman–Crippen LogP) is 1.37. The van der Waals surface area contributed by atoms with Gasteiger partial charge in [0.05, 0.1) is 6.61 Å². The summed E-state index contributed by atoms with van der Waals surface area (Å²) in [5.74, 6) is 0. The third-order valence-corrected chi connectivity index (χ3v) is 2.31. The second kappa shape index (κ2) is 7.85. The zero-order valence-corrected chi connectivity index (χ0v) is 10.7. The van der Waals surface area contributed by atoms with Gasteiger partial charge in [0.2, 0.25) is 0 Å². The minimum Gasteiger partial charge on any atom is -0.383 e. The van der Waals surface area contributed by atoms with Gasteiger partial charge in [-0.2, -0.15) is 0 Å². The van der Waals surface area contributed by atoms with Crippen LogP contribution in [0.15, 0.2) is 12.7 Å². The lowest BCUT2D eigenvalue weighted by atomic mass is 9.92. The highest BCUT2D eigenvalue weighted by molar-refractivity contribution is 4.80. The maximum Gasteiger partial charge on any atom is 0.0589 e. The van der Waals surface area contributed by atoms with Gasteiger partial charge >= 0.3 is 0 Å². The Morgan fingerprint density at radius 2 is 2.13 bits per heavy atom. The summed E-state index contributed by atoms with van der Waals surface area (Å²) >= 11 is 0. The smallest absolute Gasteiger partial charge is 0.0589 e. The molecule has 0 aliphatic carbocycles. The number of ether oxygens (including phenoxy) is 1. The van der Waals surface area contributed by atoms with Crippen LogP contribution in [0.5, 0.6) is 0 Å². The molecule has 0 rings (SSSR count). The molecule has 0 spiro atoms. The normalized spacial score (nSPS) is 12.1. The van der Waals surface area contributed by atoms with Gasteiger partial charge < -0.3 is 10.1 Å². The van der Waals surface area contributed by atoms with E-state index >= 15 is 0 Å². The van der Waals surface area contributed by atoms with E-state index in [1.807, 2.05) is 13.1 Å². The van der Waals surface area contributed by atoms with E-state index in [4.69, 9.17) is 4.74 Å². The summed E-state index contributed by atoms with van der Waals surface area (Å²) in [4.78, 5) is 2.37. The summed E-state index contributed by atoms with van der Waals surface area (Å²) in [5.41, 5.74) is 0.283. The Labute approximate surface area is 94.5 Å². The average Bonchev–Trinajstić information content (AvgIpc) is 2.14. The van der Waals surface area contributed by atoms with E-state index < -0.39 is 0 Å². The average molecular weight is 214 g/mol. The first-order chi connectivity index (χ1) is 7.05. The number of hydrogen-bond donors (Lipinski definition) is 1. The van der Waals surface area contributed by atoms with E-state index in [-0.39, 0.29) is 5.41 Å². The summed E-state index contributed by atoms with van der Waals surface area (Å²) in [6.07, 6.45) is 1.95. The molecular formula is C12H26N2O. The van der Waals surface area contributed by atoms with Gasteiger partial charge in [0.1, 0.15) is 0 Å². The molecule has 90 valence electrons. The second-order valence-electron chi connectivity index (χ2n) is 4.71. The Kier molecular flexibility index (Phi) is 7.65. The van der Waals surface area contributed by atoms with Crippen LogP contribution in [0.1, 0.15) is 13.8 Å². The van der Waals surface area contributed by atoms with E-state index in [1.165, 1.54) is 0 Å². The van der Waals surface area contributed by atoms with Gasteiger partial charge in [0.25, 0.3) is 0 Å². The fraction of sp³-hybridized carbons (Fsp3) is 0.833. The highest BCUT2D eigenvalue weighted by atomic mass is 16.5. The molecule has 3 nitrogen and oxygen atoms in total. The van der Waals surface area contributed by atoms with Crippen molar-refractivity contribution < 1.29 is 4.74 Å². The van der Waals surface area contributed by atoms with Crippen molar-refractivity contribution in [1.82, 2.24) is 10.2 Å². The van der Waals surface area contributed by atoms with Crippen molar-refractivity contribution in [2.75, 3.05) is 46.9 Å². The molecule has 1 N–H and O–H groups in total. The molecule has 0 unspecified atom stereocenters. The molecule has 0 radical (unpaired) electrons. The maximum absolute atomic E-state index is 5.10. The largest absolute Gasteiger partial charge is 0.383 e. The zero-order valence-electron chi connectivity index (χ0n) is 10.7. The van der Waals surface area contributed by atoms with E-state index in [0.717, 1.165) is 32.8 Å². The first-order valence-corrected chi connectivity index (χ1v) is 5.52. The quantitative estimate of drug-likeness (QED) is 0.587. The Morgan fingerprint density at radius 1 is 1.47 bits per heavy atom. The maximum atomic E-state index is 5.10.